The van der Waals surface area contributed by atoms with Gasteiger partial charge in [0.1, 0.15) is 17.4 Å². The highest BCUT2D eigenvalue weighted by Gasteiger charge is 2.36. The number of rotatable bonds is 8. The molecule has 0 fully saturated rings. The molecule has 11 nitrogen and oxygen atoms in total. The predicted octanol–water partition coefficient (Wildman–Crippen LogP) is 3.81. The van der Waals surface area contributed by atoms with Crippen LogP contribution in [0.4, 0.5) is 15.3 Å². The molecule has 1 heterocycles. The minimum atomic E-state index is -0.978. The number of hydrogen-bond acceptors (Lipinski definition) is 10. The van der Waals surface area contributed by atoms with Crippen molar-refractivity contribution in [2.45, 2.75) is 46.1 Å². The molecule has 0 bridgehead atoms. The standard InChI is InChI=1S/C21H27N3O8/c1-12(2)30-21(26)32-19-14(4)23-13(3)18(31-20(25)29-10-6-9-22)17(19)15-7-5-8-16(11-15)24(27)28/h5,7-8,11-12,17,23H,6,9-10,22H2,1-4H3. The summed E-state index contributed by atoms with van der Waals surface area (Å²) in [5.41, 5.74) is 6.49. The average molecular weight is 449 g/mol. The van der Waals surface area contributed by atoms with Gasteiger partial charge in [-0.3, -0.25) is 10.1 Å². The molecule has 3 N–H and O–H groups in total. The van der Waals surface area contributed by atoms with Crippen molar-refractivity contribution >= 4 is 18.0 Å². The first-order valence-electron chi connectivity index (χ1n) is 10.00. The number of nitrogens with zero attached hydrogens (tertiary/aromatic N) is 1. The van der Waals surface area contributed by atoms with Crippen molar-refractivity contribution in [3.8, 4) is 0 Å². The van der Waals surface area contributed by atoms with Crippen LogP contribution in [-0.2, 0) is 18.9 Å². The number of benzene rings is 1. The number of nitrogens with two attached hydrogens (primary N) is 1. The van der Waals surface area contributed by atoms with Crippen LogP contribution >= 0.6 is 0 Å². The first kappa shape index (κ1) is 24.7. The summed E-state index contributed by atoms with van der Waals surface area (Å²) in [4.78, 5) is 35.2. The Kier molecular flexibility index (Phi) is 8.59. The monoisotopic (exact) mass is 449 g/mol. The summed E-state index contributed by atoms with van der Waals surface area (Å²) in [7, 11) is 0. The molecular formula is C21H27N3O8. The molecule has 32 heavy (non-hydrogen) atoms. The second-order valence-electron chi connectivity index (χ2n) is 7.25. The van der Waals surface area contributed by atoms with Gasteiger partial charge in [-0.25, -0.2) is 9.59 Å². The Balaban J connectivity index is 2.47. The quantitative estimate of drug-likeness (QED) is 0.259. The van der Waals surface area contributed by atoms with Crippen LogP contribution in [0.2, 0.25) is 0 Å². The van der Waals surface area contributed by atoms with E-state index in [-0.39, 0.29) is 23.8 Å². The average Bonchev–Trinajstić information content (AvgIpc) is 2.71. The van der Waals surface area contributed by atoms with Crippen LogP contribution in [0, 0.1) is 10.1 Å². The fourth-order valence-corrected chi connectivity index (χ4v) is 3.01. The zero-order valence-corrected chi connectivity index (χ0v) is 18.4. The summed E-state index contributed by atoms with van der Waals surface area (Å²) in [6.45, 7) is 7.03. The molecule has 1 aromatic carbocycles. The van der Waals surface area contributed by atoms with Crippen LogP contribution in [0.15, 0.2) is 47.2 Å². The number of nitro benzene ring substituents is 1. The van der Waals surface area contributed by atoms with Gasteiger partial charge in [-0.05, 0) is 46.2 Å². The van der Waals surface area contributed by atoms with Crippen LogP contribution in [0.3, 0.4) is 0 Å². The van der Waals surface area contributed by atoms with E-state index < -0.39 is 29.3 Å². The maximum absolute atomic E-state index is 12.2. The highest BCUT2D eigenvalue weighted by Crippen LogP contribution is 2.40. The molecule has 1 aromatic rings. The van der Waals surface area contributed by atoms with E-state index in [0.29, 0.717) is 29.9 Å². The van der Waals surface area contributed by atoms with Crippen molar-refractivity contribution in [2.75, 3.05) is 13.2 Å². The van der Waals surface area contributed by atoms with E-state index in [4.69, 9.17) is 24.7 Å². The number of nitro groups is 1. The molecule has 0 saturated heterocycles. The van der Waals surface area contributed by atoms with Crippen molar-refractivity contribution in [3.05, 3.63) is 62.9 Å². The second-order valence-corrected chi connectivity index (χ2v) is 7.25. The molecule has 0 spiro atoms. The first-order valence-corrected chi connectivity index (χ1v) is 10.00. The predicted molar refractivity (Wildman–Crippen MR) is 113 cm³/mol. The highest BCUT2D eigenvalue weighted by atomic mass is 16.7. The molecule has 2 rings (SSSR count). The molecule has 11 heteroatoms. The van der Waals surface area contributed by atoms with Gasteiger partial charge in [-0.1, -0.05) is 12.1 Å². The Bertz CT molecular complexity index is 939. The van der Waals surface area contributed by atoms with Gasteiger partial charge in [0.25, 0.3) is 5.69 Å². The summed E-state index contributed by atoms with van der Waals surface area (Å²) >= 11 is 0. The third kappa shape index (κ3) is 6.45. The number of allylic oxidation sites excluding steroid dienone is 2. The van der Waals surface area contributed by atoms with Gasteiger partial charge in [-0.2, -0.15) is 0 Å². The minimum absolute atomic E-state index is 0.0650. The van der Waals surface area contributed by atoms with Gasteiger partial charge in [0.15, 0.2) is 0 Å². The molecule has 1 atom stereocenters. The van der Waals surface area contributed by atoms with E-state index >= 15 is 0 Å². The molecule has 0 amide bonds. The van der Waals surface area contributed by atoms with Crippen LogP contribution in [0.5, 0.6) is 0 Å². The molecule has 1 aliphatic heterocycles. The molecule has 174 valence electrons. The fourth-order valence-electron chi connectivity index (χ4n) is 3.01. The lowest BCUT2D eigenvalue weighted by molar-refractivity contribution is -0.384. The van der Waals surface area contributed by atoms with Crippen LogP contribution in [0.1, 0.15) is 45.6 Å². The lowest BCUT2D eigenvalue weighted by Crippen LogP contribution is -2.29. The lowest BCUT2D eigenvalue weighted by atomic mass is 9.90. The summed E-state index contributed by atoms with van der Waals surface area (Å²) in [6.07, 6.45) is -1.92. The van der Waals surface area contributed by atoms with Crippen molar-refractivity contribution in [2.24, 2.45) is 5.73 Å². The molecule has 0 aliphatic carbocycles. The van der Waals surface area contributed by atoms with Crippen LogP contribution in [0.25, 0.3) is 0 Å². The molecule has 1 unspecified atom stereocenters. The molecule has 0 saturated carbocycles. The highest BCUT2D eigenvalue weighted by molar-refractivity contribution is 5.65. The number of ether oxygens (including phenoxy) is 4. The summed E-state index contributed by atoms with van der Waals surface area (Å²) in [5, 5.41) is 14.3. The minimum Gasteiger partial charge on any atom is -0.434 e. The summed E-state index contributed by atoms with van der Waals surface area (Å²) < 4.78 is 21.0. The van der Waals surface area contributed by atoms with Crippen molar-refractivity contribution in [3.63, 3.8) is 0 Å². The van der Waals surface area contributed by atoms with Gasteiger partial charge in [0.2, 0.25) is 0 Å². The van der Waals surface area contributed by atoms with Gasteiger partial charge < -0.3 is 30.0 Å². The van der Waals surface area contributed by atoms with E-state index in [0.717, 1.165) is 0 Å². The van der Waals surface area contributed by atoms with E-state index in [1.165, 1.54) is 18.2 Å². The SMILES string of the molecule is CC1=C(OC(=O)OCCCN)C(c2cccc([N+](=O)[O-])c2)C(OC(=O)OC(C)C)=C(C)N1. The Morgan fingerprint density at radius 1 is 1.16 bits per heavy atom. The summed E-state index contributed by atoms with van der Waals surface area (Å²) in [5.74, 6) is -0.800. The van der Waals surface area contributed by atoms with E-state index in [2.05, 4.69) is 5.32 Å². The lowest BCUT2D eigenvalue weighted by Gasteiger charge is -2.30. The van der Waals surface area contributed by atoms with Crippen molar-refractivity contribution in [1.82, 2.24) is 5.32 Å². The number of non-ortho nitro benzene ring substituents is 1. The van der Waals surface area contributed by atoms with Gasteiger partial charge in [-0.15, -0.1) is 0 Å². The number of hydrogen-bond donors (Lipinski definition) is 2. The van der Waals surface area contributed by atoms with Gasteiger partial charge in [0, 0.05) is 12.1 Å². The second kappa shape index (κ2) is 11.1. The number of nitrogens with one attached hydrogen (secondary N) is 1. The topological polar surface area (TPSA) is 152 Å². The molecule has 1 aliphatic rings. The number of carbonyl (C=O) groups excluding carboxylic acids is 2. The third-order valence-corrected chi connectivity index (χ3v) is 4.34. The molecular weight excluding hydrogens is 422 g/mol. The van der Waals surface area contributed by atoms with Crippen LogP contribution in [-0.4, -0.2) is 36.5 Å². The normalized spacial score (nSPS) is 15.9. The Labute approximate surface area is 185 Å². The zero-order valence-electron chi connectivity index (χ0n) is 18.4. The van der Waals surface area contributed by atoms with Crippen molar-refractivity contribution in [1.29, 1.82) is 0 Å². The maximum atomic E-state index is 12.2. The zero-order chi connectivity index (χ0) is 23.8. The van der Waals surface area contributed by atoms with E-state index in [1.54, 1.807) is 33.8 Å². The van der Waals surface area contributed by atoms with Gasteiger partial charge in [0.05, 0.1) is 29.0 Å². The molecule has 0 aromatic heterocycles. The van der Waals surface area contributed by atoms with E-state index in [1.807, 2.05) is 0 Å². The van der Waals surface area contributed by atoms with Gasteiger partial charge >= 0.3 is 12.3 Å². The van der Waals surface area contributed by atoms with E-state index in [9.17, 15) is 19.7 Å². The Morgan fingerprint density at radius 3 is 2.34 bits per heavy atom. The number of dihydropyridines is 1. The van der Waals surface area contributed by atoms with Crippen LogP contribution < -0.4 is 11.1 Å². The fraction of sp³-hybridized carbons (Fsp3) is 0.429. The largest absolute Gasteiger partial charge is 0.513 e. The molecule has 0 radical (unpaired) electrons. The summed E-state index contributed by atoms with van der Waals surface area (Å²) in [6, 6.07) is 5.73. The first-order chi connectivity index (χ1) is 15.1. The third-order valence-electron chi connectivity index (χ3n) is 4.34. The van der Waals surface area contributed by atoms with Crippen molar-refractivity contribution < 1.29 is 33.5 Å². The Morgan fingerprint density at radius 2 is 1.78 bits per heavy atom. The Hall–Kier alpha value is -3.60. The smallest absolute Gasteiger partial charge is 0.434 e. The maximum Gasteiger partial charge on any atom is 0.513 e. The number of carbonyl (C=O) groups is 2.